The summed E-state index contributed by atoms with van der Waals surface area (Å²) in [5, 5.41) is 9.79. The quantitative estimate of drug-likeness (QED) is 0.859. The highest BCUT2D eigenvalue weighted by Crippen LogP contribution is 2.39. The van der Waals surface area contributed by atoms with Crippen molar-refractivity contribution < 1.29 is 9.47 Å². The first kappa shape index (κ1) is 15.2. The maximum atomic E-state index is 9.79. The number of nitriles is 1. The summed E-state index contributed by atoms with van der Waals surface area (Å²) in [6, 6.07) is 6.81. The normalized spacial score (nSPS) is 20.8. The molecule has 0 atom stereocenters. The Hall–Kier alpha value is -1.73. The molecule has 0 aromatic heterocycles. The molecule has 1 aromatic carbocycles. The lowest BCUT2D eigenvalue weighted by Crippen LogP contribution is -2.50. The van der Waals surface area contributed by atoms with E-state index in [4.69, 9.17) is 9.47 Å². The SMILES string of the molecule is COc1cc2c(cc1OC)CN(C1(C#N)CCCCC1)CC2. The average Bonchev–Trinajstić information content (AvgIpc) is 2.60. The number of hydrogen-bond acceptors (Lipinski definition) is 4. The van der Waals surface area contributed by atoms with E-state index in [1.807, 2.05) is 0 Å². The molecule has 118 valence electrons. The Morgan fingerprint density at radius 3 is 2.27 bits per heavy atom. The van der Waals surface area contributed by atoms with Crippen molar-refractivity contribution in [3.8, 4) is 17.6 Å². The van der Waals surface area contributed by atoms with Crippen LogP contribution in [-0.2, 0) is 13.0 Å². The lowest BCUT2D eigenvalue weighted by atomic mass is 9.80. The average molecular weight is 300 g/mol. The Balaban J connectivity index is 1.88. The van der Waals surface area contributed by atoms with Gasteiger partial charge in [0.15, 0.2) is 11.5 Å². The van der Waals surface area contributed by atoms with Gasteiger partial charge in [-0.05, 0) is 42.5 Å². The van der Waals surface area contributed by atoms with Crippen LogP contribution in [-0.4, -0.2) is 31.2 Å². The highest BCUT2D eigenvalue weighted by Gasteiger charge is 2.39. The first-order valence-electron chi connectivity index (χ1n) is 8.12. The Kier molecular flexibility index (Phi) is 4.26. The third-order valence-corrected chi connectivity index (χ3v) is 5.21. The van der Waals surface area contributed by atoms with Crippen LogP contribution in [0.3, 0.4) is 0 Å². The minimum absolute atomic E-state index is 0.261. The molecule has 4 nitrogen and oxygen atoms in total. The van der Waals surface area contributed by atoms with Gasteiger partial charge in [0.2, 0.25) is 0 Å². The van der Waals surface area contributed by atoms with Crippen LogP contribution in [0.4, 0.5) is 0 Å². The number of rotatable bonds is 3. The zero-order chi connectivity index (χ0) is 15.6. The Morgan fingerprint density at radius 1 is 1.05 bits per heavy atom. The van der Waals surface area contributed by atoms with Gasteiger partial charge in [-0.1, -0.05) is 19.3 Å². The van der Waals surface area contributed by atoms with Gasteiger partial charge < -0.3 is 9.47 Å². The zero-order valence-corrected chi connectivity index (χ0v) is 13.5. The molecule has 0 N–H and O–H groups in total. The van der Waals surface area contributed by atoms with Gasteiger partial charge >= 0.3 is 0 Å². The number of ether oxygens (including phenoxy) is 2. The third kappa shape index (κ3) is 2.55. The minimum Gasteiger partial charge on any atom is -0.493 e. The number of methoxy groups -OCH3 is 2. The van der Waals surface area contributed by atoms with Crippen molar-refractivity contribution in [2.75, 3.05) is 20.8 Å². The summed E-state index contributed by atoms with van der Waals surface area (Å²) in [5.74, 6) is 1.57. The number of benzene rings is 1. The Labute approximate surface area is 132 Å². The fourth-order valence-corrected chi connectivity index (χ4v) is 3.88. The molecule has 0 radical (unpaired) electrons. The van der Waals surface area contributed by atoms with Crippen LogP contribution in [0, 0.1) is 11.3 Å². The van der Waals surface area contributed by atoms with Crippen LogP contribution < -0.4 is 9.47 Å². The van der Waals surface area contributed by atoms with Gasteiger partial charge in [0.05, 0.1) is 20.3 Å². The molecule has 0 spiro atoms. The molecule has 4 heteroatoms. The van der Waals surface area contributed by atoms with Gasteiger partial charge in [0, 0.05) is 13.1 Å². The first-order chi connectivity index (χ1) is 10.7. The highest BCUT2D eigenvalue weighted by molar-refractivity contribution is 5.48. The van der Waals surface area contributed by atoms with Crippen LogP contribution in [0.15, 0.2) is 12.1 Å². The Morgan fingerprint density at radius 2 is 1.68 bits per heavy atom. The summed E-state index contributed by atoms with van der Waals surface area (Å²) in [6.07, 6.45) is 6.59. The van der Waals surface area contributed by atoms with Crippen LogP contribution in [0.5, 0.6) is 11.5 Å². The smallest absolute Gasteiger partial charge is 0.161 e. The van der Waals surface area contributed by atoms with Crippen molar-refractivity contribution in [2.45, 2.75) is 50.6 Å². The fraction of sp³-hybridized carbons (Fsp3) is 0.611. The summed E-state index contributed by atoms with van der Waals surface area (Å²) in [4.78, 5) is 2.39. The molecule has 1 fully saturated rings. The van der Waals surface area contributed by atoms with E-state index in [0.717, 1.165) is 43.9 Å². The molecular formula is C18H24N2O2. The van der Waals surface area contributed by atoms with Gasteiger partial charge in [-0.3, -0.25) is 4.90 Å². The van der Waals surface area contributed by atoms with Crippen molar-refractivity contribution in [3.05, 3.63) is 23.3 Å². The van der Waals surface area contributed by atoms with E-state index in [9.17, 15) is 5.26 Å². The third-order valence-electron chi connectivity index (χ3n) is 5.21. The van der Waals surface area contributed by atoms with E-state index >= 15 is 0 Å². The second kappa shape index (κ2) is 6.18. The second-order valence-corrected chi connectivity index (χ2v) is 6.35. The molecule has 1 aliphatic carbocycles. The van der Waals surface area contributed by atoms with Gasteiger partial charge in [0.1, 0.15) is 5.54 Å². The van der Waals surface area contributed by atoms with Gasteiger partial charge in [-0.15, -0.1) is 0 Å². The minimum atomic E-state index is -0.261. The molecule has 1 aromatic rings. The monoisotopic (exact) mass is 300 g/mol. The second-order valence-electron chi connectivity index (χ2n) is 6.35. The first-order valence-corrected chi connectivity index (χ1v) is 8.12. The number of nitrogens with zero attached hydrogens (tertiary/aromatic N) is 2. The molecule has 1 heterocycles. The van der Waals surface area contributed by atoms with Gasteiger partial charge in [-0.25, -0.2) is 0 Å². The molecule has 0 bridgehead atoms. The van der Waals surface area contributed by atoms with Crippen molar-refractivity contribution in [2.24, 2.45) is 0 Å². The standard InChI is InChI=1S/C18H24N2O2/c1-21-16-10-14-6-9-20(12-15(14)11-17(16)22-2)18(13-19)7-4-3-5-8-18/h10-11H,3-9,12H2,1-2H3. The number of hydrogen-bond donors (Lipinski definition) is 0. The Bertz CT molecular complexity index is 585. The van der Waals surface area contributed by atoms with Crippen molar-refractivity contribution in [1.82, 2.24) is 4.90 Å². The summed E-state index contributed by atoms with van der Waals surface area (Å²) >= 11 is 0. The molecular weight excluding hydrogens is 276 g/mol. The summed E-state index contributed by atoms with van der Waals surface area (Å²) < 4.78 is 10.8. The summed E-state index contributed by atoms with van der Waals surface area (Å²) in [5.41, 5.74) is 2.32. The molecule has 1 aliphatic heterocycles. The molecule has 2 aliphatic rings. The predicted octanol–water partition coefficient (Wildman–Crippen LogP) is 3.29. The van der Waals surface area contributed by atoms with Gasteiger partial charge in [0.25, 0.3) is 0 Å². The van der Waals surface area contributed by atoms with Crippen LogP contribution in [0.1, 0.15) is 43.2 Å². The lowest BCUT2D eigenvalue weighted by molar-refractivity contribution is 0.0840. The van der Waals surface area contributed by atoms with E-state index in [0.29, 0.717) is 0 Å². The van der Waals surface area contributed by atoms with Crippen molar-refractivity contribution >= 4 is 0 Å². The molecule has 0 amide bonds. The maximum absolute atomic E-state index is 9.79. The maximum Gasteiger partial charge on any atom is 0.161 e. The van der Waals surface area contributed by atoms with E-state index in [-0.39, 0.29) is 5.54 Å². The summed E-state index contributed by atoms with van der Waals surface area (Å²) in [6.45, 7) is 1.79. The molecule has 22 heavy (non-hydrogen) atoms. The summed E-state index contributed by atoms with van der Waals surface area (Å²) in [7, 11) is 3.34. The topological polar surface area (TPSA) is 45.5 Å². The molecule has 0 saturated heterocycles. The molecule has 1 saturated carbocycles. The molecule has 3 rings (SSSR count). The van der Waals surface area contributed by atoms with Crippen molar-refractivity contribution in [3.63, 3.8) is 0 Å². The van der Waals surface area contributed by atoms with E-state index in [1.165, 1.54) is 30.4 Å². The van der Waals surface area contributed by atoms with E-state index in [2.05, 4.69) is 23.1 Å². The fourth-order valence-electron chi connectivity index (χ4n) is 3.88. The number of fused-ring (bicyclic) bond motifs is 1. The van der Waals surface area contributed by atoms with E-state index in [1.54, 1.807) is 14.2 Å². The highest BCUT2D eigenvalue weighted by atomic mass is 16.5. The largest absolute Gasteiger partial charge is 0.493 e. The predicted molar refractivity (Wildman–Crippen MR) is 85.1 cm³/mol. The van der Waals surface area contributed by atoms with Crippen LogP contribution in [0.25, 0.3) is 0 Å². The lowest BCUT2D eigenvalue weighted by Gasteiger charge is -2.43. The van der Waals surface area contributed by atoms with Crippen LogP contribution in [0.2, 0.25) is 0 Å². The van der Waals surface area contributed by atoms with E-state index < -0.39 is 0 Å². The zero-order valence-electron chi connectivity index (χ0n) is 13.5. The van der Waals surface area contributed by atoms with Crippen molar-refractivity contribution in [1.29, 1.82) is 5.26 Å². The van der Waals surface area contributed by atoms with Gasteiger partial charge in [-0.2, -0.15) is 5.26 Å². The molecule has 0 unspecified atom stereocenters. The van der Waals surface area contributed by atoms with Crippen LogP contribution >= 0.6 is 0 Å².